The maximum absolute atomic E-state index is 4.46. The van der Waals surface area contributed by atoms with E-state index in [-0.39, 0.29) is 0 Å². The van der Waals surface area contributed by atoms with Gasteiger partial charge >= 0.3 is 0 Å². The predicted octanol–water partition coefficient (Wildman–Crippen LogP) is 3.56. The van der Waals surface area contributed by atoms with Crippen molar-refractivity contribution in [2.24, 2.45) is 0 Å². The molecule has 1 fully saturated rings. The second kappa shape index (κ2) is 7.16. The van der Waals surface area contributed by atoms with Crippen molar-refractivity contribution in [3.05, 3.63) is 11.9 Å². The molecule has 0 spiro atoms. The summed E-state index contributed by atoms with van der Waals surface area (Å²) >= 11 is 1.99. The van der Waals surface area contributed by atoms with Gasteiger partial charge in [-0.05, 0) is 32.4 Å². The molecule has 20 heavy (non-hydrogen) atoms. The monoisotopic (exact) mass is 294 g/mol. The van der Waals surface area contributed by atoms with Gasteiger partial charge in [0, 0.05) is 23.4 Å². The van der Waals surface area contributed by atoms with Crippen LogP contribution in [0.4, 0.5) is 11.6 Å². The van der Waals surface area contributed by atoms with Gasteiger partial charge in [-0.25, -0.2) is 9.97 Å². The van der Waals surface area contributed by atoms with Gasteiger partial charge in [0.05, 0.1) is 0 Å². The van der Waals surface area contributed by atoms with Crippen molar-refractivity contribution >= 4 is 23.4 Å². The number of anilines is 2. The van der Waals surface area contributed by atoms with Gasteiger partial charge in [0.1, 0.15) is 18.0 Å². The number of thioether (sulfide) groups is 1. The fourth-order valence-electron chi connectivity index (χ4n) is 2.64. The van der Waals surface area contributed by atoms with Crippen LogP contribution in [-0.2, 0) is 6.42 Å². The Hall–Kier alpha value is -0.970. The molecule has 1 aromatic rings. The van der Waals surface area contributed by atoms with Gasteiger partial charge in [0.2, 0.25) is 0 Å². The van der Waals surface area contributed by atoms with Gasteiger partial charge in [-0.15, -0.1) is 0 Å². The number of nitrogens with one attached hydrogen (secondary N) is 2. The van der Waals surface area contributed by atoms with Crippen LogP contribution in [-0.4, -0.2) is 34.1 Å². The van der Waals surface area contributed by atoms with E-state index in [1.807, 2.05) is 11.8 Å². The van der Waals surface area contributed by atoms with E-state index in [1.165, 1.54) is 24.8 Å². The predicted molar refractivity (Wildman–Crippen MR) is 88.8 cm³/mol. The summed E-state index contributed by atoms with van der Waals surface area (Å²) < 4.78 is 0.423. The second-order valence-electron chi connectivity index (χ2n) is 5.42. The summed E-state index contributed by atoms with van der Waals surface area (Å²) in [5.74, 6) is 2.00. The van der Waals surface area contributed by atoms with E-state index in [2.05, 4.69) is 40.7 Å². The molecule has 0 amide bonds. The fraction of sp³-hybridized carbons (Fsp3) is 0.733. The summed E-state index contributed by atoms with van der Waals surface area (Å²) in [6.07, 6.45) is 9.98. The second-order valence-corrected chi connectivity index (χ2v) is 6.70. The van der Waals surface area contributed by atoms with Crippen LogP contribution in [0.5, 0.6) is 0 Å². The highest BCUT2D eigenvalue weighted by Gasteiger charge is 2.36. The molecule has 0 atom stereocenters. The van der Waals surface area contributed by atoms with Gasteiger partial charge in [0.25, 0.3) is 0 Å². The first-order chi connectivity index (χ1) is 9.74. The zero-order valence-corrected chi connectivity index (χ0v) is 13.6. The molecule has 1 heterocycles. The normalized spacial score (nSPS) is 16.6. The van der Waals surface area contributed by atoms with E-state index in [0.717, 1.165) is 37.6 Å². The molecule has 0 saturated heterocycles. The first kappa shape index (κ1) is 15.4. The standard InChI is InChI=1S/C15H26N4S/c1-4-7-12-13(16-5-2)18-11-19-14(12)17-10-15(20-3)8-6-9-15/h11H,4-10H2,1-3H3,(H2,16,17,18,19). The Bertz CT molecular complexity index is 426. The van der Waals surface area contributed by atoms with Crippen molar-refractivity contribution < 1.29 is 0 Å². The van der Waals surface area contributed by atoms with Crippen LogP contribution in [0.15, 0.2) is 6.33 Å². The molecule has 2 N–H and O–H groups in total. The lowest BCUT2D eigenvalue weighted by atomic mass is 9.84. The third kappa shape index (κ3) is 3.37. The molecule has 2 rings (SSSR count). The van der Waals surface area contributed by atoms with Gasteiger partial charge in [-0.1, -0.05) is 19.8 Å². The van der Waals surface area contributed by atoms with Gasteiger partial charge in [-0.3, -0.25) is 0 Å². The van der Waals surface area contributed by atoms with Gasteiger partial charge in [0.15, 0.2) is 0 Å². The van der Waals surface area contributed by atoms with E-state index in [0.29, 0.717) is 4.75 Å². The molecular weight excluding hydrogens is 268 g/mol. The highest BCUT2D eigenvalue weighted by Crippen LogP contribution is 2.42. The molecule has 1 aliphatic carbocycles. The summed E-state index contributed by atoms with van der Waals surface area (Å²) in [5, 5.41) is 6.92. The molecule has 1 aromatic heterocycles. The highest BCUT2D eigenvalue weighted by atomic mass is 32.2. The number of nitrogens with zero attached hydrogens (tertiary/aromatic N) is 2. The zero-order valence-electron chi connectivity index (χ0n) is 12.8. The molecule has 0 aliphatic heterocycles. The summed E-state index contributed by atoms with van der Waals surface area (Å²) in [7, 11) is 0. The number of hydrogen-bond donors (Lipinski definition) is 2. The molecule has 0 unspecified atom stereocenters. The quantitative estimate of drug-likeness (QED) is 0.768. The molecule has 5 heteroatoms. The maximum Gasteiger partial charge on any atom is 0.134 e. The van der Waals surface area contributed by atoms with Crippen molar-refractivity contribution in [2.45, 2.75) is 50.7 Å². The topological polar surface area (TPSA) is 49.8 Å². The number of hydrogen-bond acceptors (Lipinski definition) is 5. The highest BCUT2D eigenvalue weighted by molar-refractivity contribution is 8.00. The Labute approximate surface area is 126 Å². The minimum Gasteiger partial charge on any atom is -0.370 e. The third-order valence-electron chi connectivity index (χ3n) is 4.07. The first-order valence-electron chi connectivity index (χ1n) is 7.61. The Kier molecular flexibility index (Phi) is 5.52. The van der Waals surface area contributed by atoms with Crippen molar-refractivity contribution in [1.82, 2.24) is 9.97 Å². The summed E-state index contributed by atoms with van der Waals surface area (Å²) in [5.41, 5.74) is 1.23. The lowest BCUT2D eigenvalue weighted by Crippen LogP contribution is -2.40. The SMILES string of the molecule is CCCc1c(NCC)ncnc1NCC1(SC)CCC1. The molecule has 112 valence electrons. The zero-order chi connectivity index (χ0) is 14.4. The van der Waals surface area contributed by atoms with E-state index in [9.17, 15) is 0 Å². The minimum absolute atomic E-state index is 0.423. The molecular formula is C15H26N4S. The number of aromatic nitrogens is 2. The van der Waals surface area contributed by atoms with Gasteiger partial charge < -0.3 is 10.6 Å². The van der Waals surface area contributed by atoms with E-state index >= 15 is 0 Å². The van der Waals surface area contributed by atoms with Crippen LogP contribution in [0.2, 0.25) is 0 Å². The van der Waals surface area contributed by atoms with E-state index in [4.69, 9.17) is 0 Å². The van der Waals surface area contributed by atoms with Crippen LogP contribution in [0, 0.1) is 0 Å². The minimum atomic E-state index is 0.423. The van der Waals surface area contributed by atoms with Crippen LogP contribution in [0.25, 0.3) is 0 Å². The molecule has 0 bridgehead atoms. The average Bonchev–Trinajstić information content (AvgIpc) is 2.41. The Morgan fingerprint density at radius 1 is 1.20 bits per heavy atom. The molecule has 0 aromatic carbocycles. The smallest absolute Gasteiger partial charge is 0.134 e. The Morgan fingerprint density at radius 3 is 2.40 bits per heavy atom. The molecule has 0 radical (unpaired) electrons. The van der Waals surface area contributed by atoms with Crippen molar-refractivity contribution in [2.75, 3.05) is 30.0 Å². The third-order valence-corrected chi connectivity index (χ3v) is 5.48. The van der Waals surface area contributed by atoms with E-state index < -0.39 is 0 Å². The van der Waals surface area contributed by atoms with Crippen LogP contribution < -0.4 is 10.6 Å². The first-order valence-corrected chi connectivity index (χ1v) is 8.84. The molecule has 4 nitrogen and oxygen atoms in total. The lowest BCUT2D eigenvalue weighted by Gasteiger charge is -2.40. The average molecular weight is 294 g/mol. The van der Waals surface area contributed by atoms with Gasteiger partial charge in [-0.2, -0.15) is 11.8 Å². The summed E-state index contributed by atoms with van der Waals surface area (Å²) in [6, 6.07) is 0. The van der Waals surface area contributed by atoms with Crippen molar-refractivity contribution in [3.8, 4) is 0 Å². The summed E-state index contributed by atoms with van der Waals surface area (Å²) in [4.78, 5) is 8.84. The largest absolute Gasteiger partial charge is 0.370 e. The lowest BCUT2D eigenvalue weighted by molar-refractivity contribution is 0.379. The Morgan fingerprint density at radius 2 is 1.90 bits per heavy atom. The molecule has 1 aliphatic rings. The van der Waals surface area contributed by atoms with Crippen LogP contribution in [0.1, 0.15) is 45.1 Å². The maximum atomic E-state index is 4.46. The number of rotatable bonds is 8. The van der Waals surface area contributed by atoms with Crippen molar-refractivity contribution in [3.63, 3.8) is 0 Å². The van der Waals surface area contributed by atoms with Crippen molar-refractivity contribution in [1.29, 1.82) is 0 Å². The van der Waals surface area contributed by atoms with E-state index in [1.54, 1.807) is 6.33 Å². The Balaban J connectivity index is 2.11. The fourth-order valence-corrected chi connectivity index (χ4v) is 3.55. The molecule has 1 saturated carbocycles. The van der Waals surface area contributed by atoms with Crippen LogP contribution >= 0.6 is 11.8 Å². The summed E-state index contributed by atoms with van der Waals surface area (Å²) in [6.45, 7) is 6.19. The van der Waals surface area contributed by atoms with Crippen LogP contribution in [0.3, 0.4) is 0 Å².